The van der Waals surface area contributed by atoms with Crippen molar-refractivity contribution in [2.75, 3.05) is 43.9 Å². The molecular weight excluding hydrogens is 708 g/mol. The van der Waals surface area contributed by atoms with E-state index in [0.29, 0.717) is 0 Å². The van der Waals surface area contributed by atoms with Crippen molar-refractivity contribution in [3.8, 4) is 0 Å². The van der Waals surface area contributed by atoms with Crippen LogP contribution < -0.4 is 30.7 Å². The van der Waals surface area contributed by atoms with E-state index in [9.17, 15) is 43.2 Å². The smallest absolute Gasteiger partial charge is 0.412 e. The molecule has 3 N–H and O–H groups in total. The van der Waals surface area contributed by atoms with Crippen molar-refractivity contribution in [3.63, 3.8) is 0 Å². The minimum atomic E-state index is -1.35. The van der Waals surface area contributed by atoms with Crippen LogP contribution in [0.15, 0.2) is 109 Å². The number of carbonyl (C=O) groups excluding carboxylic acids is 9. The zero-order valence-electron chi connectivity index (χ0n) is 27.6. The first-order valence-corrected chi connectivity index (χ1v) is 15.8. The molecule has 3 aliphatic heterocycles. The number of anilines is 6. The Labute approximate surface area is 304 Å². The summed E-state index contributed by atoms with van der Waals surface area (Å²) in [5.74, 6) is -3.10. The predicted octanol–water partition coefficient (Wildman–Crippen LogP) is 3.39. The number of hydrogen-bond acceptors (Lipinski definition) is 12. The molecule has 0 radical (unpaired) electrons. The van der Waals surface area contributed by atoms with Crippen LogP contribution in [0.25, 0.3) is 0 Å². The molecule has 18 heteroatoms. The van der Waals surface area contributed by atoms with Crippen molar-refractivity contribution in [1.29, 1.82) is 0 Å². The Hall–Kier alpha value is -7.89. The van der Waals surface area contributed by atoms with Crippen molar-refractivity contribution in [3.05, 3.63) is 109 Å². The van der Waals surface area contributed by atoms with Gasteiger partial charge in [-0.2, -0.15) is 0 Å². The van der Waals surface area contributed by atoms with Gasteiger partial charge in [-0.3, -0.25) is 44.7 Å². The Morgan fingerprint density at radius 3 is 0.963 bits per heavy atom. The number of nitrogens with one attached hydrogen (secondary N) is 3. The molecule has 0 saturated heterocycles. The van der Waals surface area contributed by atoms with Gasteiger partial charge in [0.2, 0.25) is 0 Å². The molecule has 54 heavy (non-hydrogen) atoms. The van der Waals surface area contributed by atoms with E-state index in [0.717, 1.165) is 51.2 Å². The SMILES string of the molecule is O=C(Nc1ccc(N2C(=O)C=CC2=O)cc1)OCC(COC(=O)Nc1ccc(N2C(=O)C=CC2=O)cc1)OC(=O)Nc1ccc(N2C(=O)C=CC2=O)cc1. The van der Waals surface area contributed by atoms with E-state index in [-0.39, 0.29) is 34.1 Å². The summed E-state index contributed by atoms with van der Waals surface area (Å²) in [7, 11) is 0. The van der Waals surface area contributed by atoms with Crippen LogP contribution in [-0.2, 0) is 43.0 Å². The van der Waals surface area contributed by atoms with E-state index in [1.54, 1.807) is 0 Å². The van der Waals surface area contributed by atoms with Gasteiger partial charge in [0.15, 0.2) is 6.10 Å². The molecule has 6 rings (SSSR count). The molecule has 3 aromatic rings. The van der Waals surface area contributed by atoms with Crippen molar-refractivity contribution in [2.24, 2.45) is 0 Å². The van der Waals surface area contributed by atoms with Crippen LogP contribution in [0.3, 0.4) is 0 Å². The van der Waals surface area contributed by atoms with Crippen molar-refractivity contribution >= 4 is 87.8 Å². The maximum Gasteiger partial charge on any atom is 0.412 e. The van der Waals surface area contributed by atoms with Gasteiger partial charge in [-0.1, -0.05) is 0 Å². The lowest BCUT2D eigenvalue weighted by Crippen LogP contribution is -2.34. The maximum absolute atomic E-state index is 12.8. The standard InChI is InChI=1S/C36H26N6O12/c43-28-13-14-29(44)40(28)24-7-1-21(2-8-24)37-34(49)52-19-27(54-36(51)39-23-5-11-26(12-6-23)42-32(47)17-18-33(42)48)20-53-35(50)38-22-3-9-25(10-4-22)41-30(45)15-16-31(41)46/h1-18,27H,19-20H2,(H,37,49)(H,38,50)(H,39,51). The number of amides is 9. The second-order valence-corrected chi connectivity index (χ2v) is 11.3. The molecule has 3 aromatic carbocycles. The number of imide groups is 3. The molecule has 0 aliphatic carbocycles. The van der Waals surface area contributed by atoms with Crippen LogP contribution in [-0.4, -0.2) is 73.0 Å². The molecule has 3 heterocycles. The van der Waals surface area contributed by atoms with Crippen LogP contribution in [0.4, 0.5) is 48.5 Å². The lowest BCUT2D eigenvalue weighted by Gasteiger charge is -2.19. The lowest BCUT2D eigenvalue weighted by molar-refractivity contribution is -0.121. The molecule has 0 unspecified atom stereocenters. The average molecular weight is 735 g/mol. The molecule has 3 aliphatic rings. The van der Waals surface area contributed by atoms with Crippen LogP contribution in [0.5, 0.6) is 0 Å². The molecule has 0 bridgehead atoms. The lowest BCUT2D eigenvalue weighted by atomic mass is 10.2. The monoisotopic (exact) mass is 734 g/mol. The van der Waals surface area contributed by atoms with E-state index >= 15 is 0 Å². The van der Waals surface area contributed by atoms with Gasteiger partial charge in [0, 0.05) is 53.5 Å². The van der Waals surface area contributed by atoms with Gasteiger partial charge in [0.1, 0.15) is 13.2 Å². The van der Waals surface area contributed by atoms with Crippen LogP contribution >= 0.6 is 0 Å². The highest BCUT2D eigenvalue weighted by Crippen LogP contribution is 2.24. The first kappa shape index (κ1) is 35.9. The molecule has 272 valence electrons. The van der Waals surface area contributed by atoms with Crippen LogP contribution in [0.1, 0.15) is 0 Å². The quantitative estimate of drug-likeness (QED) is 0.190. The third-order valence-electron chi connectivity index (χ3n) is 7.62. The Morgan fingerprint density at radius 1 is 0.426 bits per heavy atom. The highest BCUT2D eigenvalue weighted by molar-refractivity contribution is 6.29. The molecule has 0 aromatic heterocycles. The molecule has 18 nitrogen and oxygen atoms in total. The van der Waals surface area contributed by atoms with Gasteiger partial charge in [-0.25, -0.2) is 29.1 Å². The highest BCUT2D eigenvalue weighted by Gasteiger charge is 2.27. The van der Waals surface area contributed by atoms with E-state index < -0.39 is 73.0 Å². The summed E-state index contributed by atoms with van der Waals surface area (Å²) in [6.07, 6.45) is 2.41. The first-order valence-electron chi connectivity index (χ1n) is 15.8. The van der Waals surface area contributed by atoms with Gasteiger partial charge in [0.25, 0.3) is 35.4 Å². The van der Waals surface area contributed by atoms with Crippen LogP contribution in [0, 0.1) is 0 Å². The number of rotatable bonds is 11. The Balaban J connectivity index is 1.05. The topological polar surface area (TPSA) is 227 Å². The molecule has 9 amide bonds. The Kier molecular flexibility index (Phi) is 10.3. The third kappa shape index (κ3) is 8.35. The van der Waals surface area contributed by atoms with Crippen molar-refractivity contribution < 1.29 is 57.4 Å². The zero-order valence-corrected chi connectivity index (χ0v) is 27.6. The van der Waals surface area contributed by atoms with E-state index in [1.807, 2.05) is 0 Å². The molecule has 0 fully saturated rings. The summed E-state index contributed by atoms with van der Waals surface area (Å²) in [5, 5.41) is 7.34. The molecule has 0 saturated carbocycles. The summed E-state index contributed by atoms with van der Waals surface area (Å²) in [5.41, 5.74) is 1.50. The number of hydrogen-bond donors (Lipinski definition) is 3. The fraction of sp³-hybridized carbons (Fsp3) is 0.0833. The summed E-state index contributed by atoms with van der Waals surface area (Å²) >= 11 is 0. The largest absolute Gasteiger partial charge is 0.445 e. The van der Waals surface area contributed by atoms with E-state index in [4.69, 9.17) is 14.2 Å². The Morgan fingerprint density at radius 2 is 0.685 bits per heavy atom. The van der Waals surface area contributed by atoms with Crippen molar-refractivity contribution in [1.82, 2.24) is 0 Å². The summed E-state index contributed by atoms with van der Waals surface area (Å²) in [6.45, 7) is -1.20. The number of carbonyl (C=O) groups is 9. The third-order valence-corrected chi connectivity index (χ3v) is 7.62. The fourth-order valence-corrected chi connectivity index (χ4v) is 5.11. The normalized spacial score (nSPS) is 14.7. The zero-order chi connectivity index (χ0) is 38.4. The maximum atomic E-state index is 12.8. The minimum Gasteiger partial charge on any atom is -0.445 e. The van der Waals surface area contributed by atoms with Gasteiger partial charge >= 0.3 is 18.3 Å². The Bertz CT molecular complexity index is 2000. The predicted molar refractivity (Wildman–Crippen MR) is 188 cm³/mol. The molecule has 0 atom stereocenters. The number of ether oxygens (including phenoxy) is 3. The first-order chi connectivity index (χ1) is 25.9. The number of nitrogens with zero attached hydrogens (tertiary/aromatic N) is 3. The van der Waals surface area contributed by atoms with E-state index in [2.05, 4.69) is 16.0 Å². The van der Waals surface area contributed by atoms with Gasteiger partial charge in [-0.05, 0) is 72.8 Å². The summed E-state index contributed by atoms with van der Waals surface area (Å²) in [4.78, 5) is 113. The highest BCUT2D eigenvalue weighted by atomic mass is 16.6. The fourth-order valence-electron chi connectivity index (χ4n) is 5.11. The second kappa shape index (κ2) is 15.6. The number of benzene rings is 3. The van der Waals surface area contributed by atoms with Gasteiger partial charge in [-0.15, -0.1) is 0 Å². The van der Waals surface area contributed by atoms with Gasteiger partial charge < -0.3 is 14.2 Å². The second-order valence-electron chi connectivity index (χ2n) is 11.3. The summed E-state index contributed by atoms with van der Waals surface area (Å²) in [6, 6.07) is 17.1. The van der Waals surface area contributed by atoms with Gasteiger partial charge in [0.05, 0.1) is 17.1 Å². The van der Waals surface area contributed by atoms with Crippen molar-refractivity contribution in [2.45, 2.75) is 6.10 Å². The van der Waals surface area contributed by atoms with Crippen LogP contribution in [0.2, 0.25) is 0 Å². The van der Waals surface area contributed by atoms with E-state index in [1.165, 1.54) is 72.8 Å². The molecular formula is C36H26N6O12. The summed E-state index contributed by atoms with van der Waals surface area (Å²) < 4.78 is 15.8. The minimum absolute atomic E-state index is 0.208. The molecule has 0 spiro atoms. The average Bonchev–Trinajstić information content (AvgIpc) is 3.80.